The van der Waals surface area contributed by atoms with Gasteiger partial charge in [-0.05, 0) is 17.7 Å². The first-order valence-corrected chi connectivity index (χ1v) is 5.48. The number of nitrogens with one attached hydrogen (secondary N) is 2. The summed E-state index contributed by atoms with van der Waals surface area (Å²) in [5, 5.41) is 13.9. The fourth-order valence-corrected chi connectivity index (χ4v) is 1.77. The first kappa shape index (κ1) is 13.5. The lowest BCUT2D eigenvalue weighted by atomic mass is 10.1. The van der Waals surface area contributed by atoms with E-state index >= 15 is 0 Å². The van der Waals surface area contributed by atoms with E-state index in [-0.39, 0.29) is 23.7 Å². The third-order valence-corrected chi connectivity index (χ3v) is 2.76. The highest BCUT2D eigenvalue weighted by Crippen LogP contribution is 2.31. The Hall–Kier alpha value is -1.96. The number of halogens is 3. The van der Waals surface area contributed by atoms with Crippen LogP contribution in [-0.2, 0) is 11.2 Å². The summed E-state index contributed by atoms with van der Waals surface area (Å²) in [5.41, 5.74) is 7.35. The Morgan fingerprint density at radius 1 is 1.47 bits per heavy atom. The van der Waals surface area contributed by atoms with E-state index in [0.717, 1.165) is 0 Å². The van der Waals surface area contributed by atoms with E-state index in [1.165, 1.54) is 12.1 Å². The topological polar surface area (TPSA) is 87.4 Å². The average Bonchev–Trinajstić information content (AvgIpc) is 2.63. The normalized spacial score (nSPS) is 15.9. The molecule has 1 aliphatic heterocycles. The van der Waals surface area contributed by atoms with Crippen molar-refractivity contribution < 1.29 is 23.1 Å². The number of amides is 1. The van der Waals surface area contributed by atoms with Crippen LogP contribution in [0.4, 0.5) is 30.2 Å². The molecule has 1 amide bonds. The summed E-state index contributed by atoms with van der Waals surface area (Å²) < 4.78 is 36.4. The number of nitrogen functional groups attached to an aromatic ring is 1. The van der Waals surface area contributed by atoms with Gasteiger partial charge in [0.2, 0.25) is 5.91 Å². The van der Waals surface area contributed by atoms with E-state index < -0.39 is 18.8 Å². The number of aliphatic hydroxyl groups is 1. The van der Waals surface area contributed by atoms with Gasteiger partial charge in [-0.3, -0.25) is 4.79 Å². The van der Waals surface area contributed by atoms with E-state index in [1.807, 2.05) is 0 Å². The zero-order valence-electron chi connectivity index (χ0n) is 9.71. The molecule has 104 valence electrons. The third-order valence-electron chi connectivity index (χ3n) is 2.76. The Labute approximate surface area is 106 Å². The van der Waals surface area contributed by atoms with Crippen LogP contribution in [0, 0.1) is 0 Å². The first-order chi connectivity index (χ1) is 8.77. The number of anilines is 3. The molecule has 1 heterocycles. The zero-order chi connectivity index (χ0) is 14.2. The lowest BCUT2D eigenvalue weighted by Crippen LogP contribution is -2.35. The maximum atomic E-state index is 12.1. The molecule has 5 N–H and O–H groups in total. The Bertz CT molecular complexity index is 517. The maximum absolute atomic E-state index is 12.1. The molecule has 0 spiro atoms. The number of benzene rings is 1. The number of rotatable bonds is 3. The lowest BCUT2D eigenvalue weighted by molar-refractivity contribution is -0.198. The Balaban J connectivity index is 2.10. The Morgan fingerprint density at radius 2 is 2.16 bits per heavy atom. The molecule has 19 heavy (non-hydrogen) atoms. The molecular weight excluding hydrogens is 263 g/mol. The summed E-state index contributed by atoms with van der Waals surface area (Å²) in [7, 11) is 0. The van der Waals surface area contributed by atoms with Crippen LogP contribution in [0.15, 0.2) is 12.1 Å². The molecular formula is C11H12F3N3O2. The van der Waals surface area contributed by atoms with Crippen LogP contribution in [0.25, 0.3) is 0 Å². The van der Waals surface area contributed by atoms with Gasteiger partial charge in [0, 0.05) is 12.2 Å². The van der Waals surface area contributed by atoms with E-state index in [0.29, 0.717) is 11.3 Å². The SMILES string of the molecule is Nc1cc2c(cc1NCC(O)C(F)(F)F)NC(=O)C2. The number of aliphatic hydroxyl groups excluding tert-OH is 1. The number of carbonyl (C=O) groups excluding carboxylic acids is 1. The molecule has 8 heteroatoms. The van der Waals surface area contributed by atoms with Crippen LogP contribution in [0.2, 0.25) is 0 Å². The maximum Gasteiger partial charge on any atom is 0.416 e. The summed E-state index contributed by atoms with van der Waals surface area (Å²) in [6, 6.07) is 2.98. The van der Waals surface area contributed by atoms with Crippen molar-refractivity contribution >= 4 is 23.0 Å². The molecule has 0 aromatic heterocycles. The Morgan fingerprint density at radius 3 is 2.79 bits per heavy atom. The molecule has 1 aromatic rings. The van der Waals surface area contributed by atoms with Crippen molar-refractivity contribution in [1.29, 1.82) is 0 Å². The molecule has 1 aromatic carbocycles. The van der Waals surface area contributed by atoms with Gasteiger partial charge in [-0.25, -0.2) is 0 Å². The number of fused-ring (bicyclic) bond motifs is 1. The van der Waals surface area contributed by atoms with E-state index in [2.05, 4.69) is 10.6 Å². The van der Waals surface area contributed by atoms with Crippen molar-refractivity contribution in [3.05, 3.63) is 17.7 Å². The molecule has 1 unspecified atom stereocenters. The van der Waals surface area contributed by atoms with Crippen molar-refractivity contribution in [1.82, 2.24) is 0 Å². The van der Waals surface area contributed by atoms with Gasteiger partial charge in [0.25, 0.3) is 0 Å². The smallest absolute Gasteiger partial charge is 0.397 e. The minimum Gasteiger partial charge on any atom is -0.397 e. The molecule has 0 aliphatic carbocycles. The largest absolute Gasteiger partial charge is 0.416 e. The van der Waals surface area contributed by atoms with Gasteiger partial charge in [0.05, 0.1) is 17.8 Å². The summed E-state index contributed by atoms with van der Waals surface area (Å²) in [4.78, 5) is 11.2. The van der Waals surface area contributed by atoms with E-state index in [9.17, 15) is 18.0 Å². The number of carbonyl (C=O) groups is 1. The van der Waals surface area contributed by atoms with Crippen molar-refractivity contribution in [2.75, 3.05) is 22.9 Å². The van der Waals surface area contributed by atoms with Gasteiger partial charge in [-0.15, -0.1) is 0 Å². The van der Waals surface area contributed by atoms with Crippen LogP contribution in [0.5, 0.6) is 0 Å². The molecule has 1 atom stereocenters. The number of hydrogen-bond donors (Lipinski definition) is 4. The van der Waals surface area contributed by atoms with Crippen molar-refractivity contribution in [2.24, 2.45) is 0 Å². The molecule has 0 radical (unpaired) electrons. The van der Waals surface area contributed by atoms with Crippen molar-refractivity contribution in [3.63, 3.8) is 0 Å². The summed E-state index contributed by atoms with van der Waals surface area (Å²) in [5.74, 6) is -0.193. The first-order valence-electron chi connectivity index (χ1n) is 5.48. The monoisotopic (exact) mass is 275 g/mol. The highest BCUT2D eigenvalue weighted by atomic mass is 19.4. The summed E-state index contributed by atoms with van der Waals surface area (Å²) in [6.45, 7) is -0.708. The van der Waals surface area contributed by atoms with Crippen LogP contribution in [0.3, 0.4) is 0 Å². The highest BCUT2D eigenvalue weighted by Gasteiger charge is 2.37. The zero-order valence-corrected chi connectivity index (χ0v) is 9.71. The minimum atomic E-state index is -4.69. The van der Waals surface area contributed by atoms with Crippen LogP contribution in [-0.4, -0.2) is 29.8 Å². The fourth-order valence-electron chi connectivity index (χ4n) is 1.77. The molecule has 1 aliphatic rings. The quantitative estimate of drug-likeness (QED) is 0.622. The second-order valence-corrected chi connectivity index (χ2v) is 4.26. The summed E-state index contributed by atoms with van der Waals surface area (Å²) >= 11 is 0. The van der Waals surface area contributed by atoms with Crippen molar-refractivity contribution in [3.8, 4) is 0 Å². The number of nitrogens with two attached hydrogens (primary N) is 1. The predicted octanol–water partition coefficient (Wildman–Crippen LogP) is 1.10. The highest BCUT2D eigenvalue weighted by molar-refractivity contribution is 6.00. The van der Waals surface area contributed by atoms with Crippen LogP contribution in [0.1, 0.15) is 5.56 Å². The molecule has 5 nitrogen and oxygen atoms in total. The second-order valence-electron chi connectivity index (χ2n) is 4.26. The average molecular weight is 275 g/mol. The molecule has 0 saturated heterocycles. The Kier molecular flexibility index (Phi) is 3.27. The predicted molar refractivity (Wildman–Crippen MR) is 63.7 cm³/mol. The molecule has 2 rings (SSSR count). The van der Waals surface area contributed by atoms with Crippen LogP contribution >= 0.6 is 0 Å². The number of hydrogen-bond acceptors (Lipinski definition) is 4. The van der Waals surface area contributed by atoms with Crippen molar-refractivity contribution in [2.45, 2.75) is 18.7 Å². The standard InChI is InChI=1S/C11H12F3N3O2/c12-11(13,14)9(18)4-16-8-3-7-5(1-6(8)15)2-10(19)17-7/h1,3,9,16,18H,2,4,15H2,(H,17,19). The summed E-state index contributed by atoms with van der Waals surface area (Å²) in [6.07, 6.45) is -6.97. The third kappa shape index (κ3) is 2.90. The van der Waals surface area contributed by atoms with Crippen LogP contribution < -0.4 is 16.4 Å². The van der Waals surface area contributed by atoms with Gasteiger partial charge < -0.3 is 21.5 Å². The minimum absolute atomic E-state index is 0.193. The molecule has 0 fully saturated rings. The van der Waals surface area contributed by atoms with E-state index in [1.54, 1.807) is 0 Å². The van der Waals surface area contributed by atoms with Gasteiger partial charge in [0.15, 0.2) is 6.10 Å². The second kappa shape index (κ2) is 4.61. The lowest BCUT2D eigenvalue weighted by Gasteiger charge is -2.17. The van der Waals surface area contributed by atoms with E-state index in [4.69, 9.17) is 10.8 Å². The van der Waals surface area contributed by atoms with Gasteiger partial charge in [-0.2, -0.15) is 13.2 Å². The molecule has 0 bridgehead atoms. The van der Waals surface area contributed by atoms with Gasteiger partial charge in [0.1, 0.15) is 0 Å². The van der Waals surface area contributed by atoms with Gasteiger partial charge in [-0.1, -0.05) is 0 Å². The fraction of sp³-hybridized carbons (Fsp3) is 0.364. The molecule has 0 saturated carbocycles. The van der Waals surface area contributed by atoms with Gasteiger partial charge >= 0.3 is 6.18 Å². The number of alkyl halides is 3.